The molecule has 6 heteroatoms. The van der Waals surface area contributed by atoms with Crippen molar-refractivity contribution in [3.05, 3.63) is 58.4 Å². The molecule has 3 rings (SSSR count). The second-order valence-corrected chi connectivity index (χ2v) is 6.87. The lowest BCUT2D eigenvalue weighted by molar-refractivity contribution is -0.122. The van der Waals surface area contributed by atoms with Gasteiger partial charge in [0.2, 0.25) is 0 Å². The second-order valence-electron chi connectivity index (χ2n) is 5.20. The monoisotopic (exact) mass is 345 g/mol. The Morgan fingerprint density at radius 2 is 2.00 bits per heavy atom. The summed E-state index contributed by atoms with van der Waals surface area (Å²) in [4.78, 5) is 14.7. The van der Waals surface area contributed by atoms with Crippen molar-refractivity contribution in [2.75, 3.05) is 6.54 Å². The molecule has 1 aliphatic heterocycles. The first-order valence-electron chi connectivity index (χ1n) is 7.12. The summed E-state index contributed by atoms with van der Waals surface area (Å²) in [5, 5.41) is 9.29. The van der Waals surface area contributed by atoms with E-state index >= 15 is 0 Å². The number of aryl methyl sites for hydroxylation is 1. The van der Waals surface area contributed by atoms with E-state index in [1.165, 1.54) is 11.8 Å². The predicted octanol–water partition coefficient (Wildman–Crippen LogP) is 3.74. The zero-order valence-corrected chi connectivity index (χ0v) is 14.1. The van der Waals surface area contributed by atoms with Crippen molar-refractivity contribution in [2.24, 2.45) is 0 Å². The molecular formula is C17H15NO3S2. The van der Waals surface area contributed by atoms with E-state index in [0.717, 1.165) is 11.3 Å². The third-order valence-corrected chi connectivity index (χ3v) is 4.85. The molecular weight excluding hydrogens is 330 g/mol. The number of thiocarbonyl (C=S) groups is 1. The van der Waals surface area contributed by atoms with Gasteiger partial charge in [0.25, 0.3) is 5.91 Å². The van der Waals surface area contributed by atoms with E-state index in [0.29, 0.717) is 28.0 Å². The highest BCUT2D eigenvalue weighted by Gasteiger charge is 2.31. The zero-order valence-electron chi connectivity index (χ0n) is 12.5. The van der Waals surface area contributed by atoms with Crippen LogP contribution in [0, 0.1) is 6.92 Å². The number of hydrogen-bond acceptors (Lipinski definition) is 5. The van der Waals surface area contributed by atoms with Gasteiger partial charge in [-0.1, -0.05) is 36.1 Å². The van der Waals surface area contributed by atoms with E-state index in [1.54, 1.807) is 23.1 Å². The number of hydrogen-bond donors (Lipinski definition) is 1. The van der Waals surface area contributed by atoms with Crippen LogP contribution in [-0.4, -0.2) is 26.8 Å². The van der Waals surface area contributed by atoms with Gasteiger partial charge in [0, 0.05) is 12.6 Å². The first-order chi connectivity index (χ1) is 11.0. The minimum absolute atomic E-state index is 0.0900. The quantitative estimate of drug-likeness (QED) is 0.676. The molecule has 0 radical (unpaired) electrons. The number of thioether (sulfide) groups is 1. The lowest BCUT2D eigenvalue weighted by Gasteiger charge is -2.14. The van der Waals surface area contributed by atoms with Crippen LogP contribution in [0.15, 0.2) is 45.7 Å². The summed E-state index contributed by atoms with van der Waals surface area (Å²) in [6, 6.07) is 10.6. The van der Waals surface area contributed by atoms with Crippen LogP contribution in [-0.2, 0) is 11.2 Å². The van der Waals surface area contributed by atoms with E-state index in [2.05, 4.69) is 0 Å². The van der Waals surface area contributed by atoms with Gasteiger partial charge in [0.05, 0.1) is 4.91 Å². The molecule has 1 N–H and O–H groups in total. The highest BCUT2D eigenvalue weighted by atomic mass is 32.2. The number of phenols is 1. The number of carbonyl (C=O) groups is 1. The fourth-order valence-corrected chi connectivity index (χ4v) is 3.55. The van der Waals surface area contributed by atoms with Gasteiger partial charge in [-0.3, -0.25) is 9.69 Å². The van der Waals surface area contributed by atoms with Gasteiger partial charge in [0.15, 0.2) is 0 Å². The van der Waals surface area contributed by atoms with Gasteiger partial charge in [-0.05, 0) is 43.2 Å². The Bertz CT molecular complexity index is 777. The molecule has 1 fully saturated rings. The van der Waals surface area contributed by atoms with Crippen molar-refractivity contribution in [1.82, 2.24) is 4.90 Å². The SMILES string of the molecule is Cc1ccc(/C=C2/SC(=S)N(CCc3ccc(O)cc3)C2=O)o1. The van der Waals surface area contributed by atoms with E-state index < -0.39 is 0 Å². The number of furan rings is 1. The van der Waals surface area contributed by atoms with Gasteiger partial charge in [-0.2, -0.15) is 0 Å². The molecule has 118 valence electrons. The van der Waals surface area contributed by atoms with Crippen LogP contribution < -0.4 is 0 Å². The molecule has 23 heavy (non-hydrogen) atoms. The normalized spacial score (nSPS) is 16.6. The highest BCUT2D eigenvalue weighted by molar-refractivity contribution is 8.26. The van der Waals surface area contributed by atoms with Crippen LogP contribution in [0.2, 0.25) is 0 Å². The Morgan fingerprint density at radius 3 is 2.65 bits per heavy atom. The summed E-state index contributed by atoms with van der Waals surface area (Å²) in [5.74, 6) is 1.60. The van der Waals surface area contributed by atoms with Crippen LogP contribution >= 0.6 is 24.0 Å². The predicted molar refractivity (Wildman–Crippen MR) is 95.1 cm³/mol. The lowest BCUT2D eigenvalue weighted by Crippen LogP contribution is -2.30. The fourth-order valence-electron chi connectivity index (χ4n) is 2.26. The third-order valence-electron chi connectivity index (χ3n) is 3.47. The van der Waals surface area contributed by atoms with Crippen molar-refractivity contribution in [2.45, 2.75) is 13.3 Å². The van der Waals surface area contributed by atoms with Crippen LogP contribution in [0.25, 0.3) is 6.08 Å². The van der Waals surface area contributed by atoms with Gasteiger partial charge < -0.3 is 9.52 Å². The Kier molecular flexibility index (Phi) is 4.54. The van der Waals surface area contributed by atoms with Gasteiger partial charge in [-0.25, -0.2) is 0 Å². The maximum Gasteiger partial charge on any atom is 0.266 e. The molecule has 1 saturated heterocycles. The van der Waals surface area contributed by atoms with E-state index in [-0.39, 0.29) is 11.7 Å². The van der Waals surface area contributed by atoms with Crippen LogP contribution in [0.3, 0.4) is 0 Å². The molecule has 1 amide bonds. The molecule has 1 aromatic heterocycles. The molecule has 1 aliphatic rings. The molecule has 4 nitrogen and oxygen atoms in total. The van der Waals surface area contributed by atoms with E-state index in [9.17, 15) is 9.90 Å². The summed E-state index contributed by atoms with van der Waals surface area (Å²) in [5.41, 5.74) is 1.04. The number of amides is 1. The van der Waals surface area contributed by atoms with Gasteiger partial charge in [0.1, 0.15) is 21.6 Å². The Balaban J connectivity index is 1.69. The average Bonchev–Trinajstić information content (AvgIpc) is 3.04. The molecule has 0 saturated carbocycles. The lowest BCUT2D eigenvalue weighted by atomic mass is 10.1. The van der Waals surface area contributed by atoms with E-state index in [1.807, 2.05) is 31.2 Å². The Hall–Kier alpha value is -2.05. The summed E-state index contributed by atoms with van der Waals surface area (Å²) >= 11 is 6.60. The number of aromatic hydroxyl groups is 1. The molecule has 0 aliphatic carbocycles. The van der Waals surface area contributed by atoms with Crippen LogP contribution in [0.4, 0.5) is 0 Å². The number of phenolic OH excluding ortho intramolecular Hbond substituents is 1. The Morgan fingerprint density at radius 1 is 1.26 bits per heavy atom. The maximum atomic E-state index is 12.5. The molecule has 0 bridgehead atoms. The minimum Gasteiger partial charge on any atom is -0.508 e. The van der Waals surface area contributed by atoms with Crippen LogP contribution in [0.5, 0.6) is 5.75 Å². The topological polar surface area (TPSA) is 53.7 Å². The Labute approximate surface area is 143 Å². The molecule has 1 aromatic carbocycles. The van der Waals surface area contributed by atoms with Crippen LogP contribution in [0.1, 0.15) is 17.1 Å². The number of carbonyl (C=O) groups excluding carboxylic acids is 1. The van der Waals surface area contributed by atoms with Gasteiger partial charge >= 0.3 is 0 Å². The maximum absolute atomic E-state index is 12.5. The highest BCUT2D eigenvalue weighted by Crippen LogP contribution is 2.32. The molecule has 0 atom stereocenters. The van der Waals surface area contributed by atoms with Crippen molar-refractivity contribution in [1.29, 1.82) is 0 Å². The minimum atomic E-state index is -0.0900. The van der Waals surface area contributed by atoms with E-state index in [4.69, 9.17) is 16.6 Å². The fraction of sp³-hybridized carbons (Fsp3) is 0.176. The largest absolute Gasteiger partial charge is 0.508 e. The number of nitrogens with zero attached hydrogens (tertiary/aromatic N) is 1. The summed E-state index contributed by atoms with van der Waals surface area (Å²) in [6.45, 7) is 2.38. The molecule has 0 spiro atoms. The van der Waals surface area contributed by atoms with Crippen molar-refractivity contribution in [3.63, 3.8) is 0 Å². The zero-order chi connectivity index (χ0) is 16.4. The van der Waals surface area contributed by atoms with Gasteiger partial charge in [-0.15, -0.1) is 0 Å². The molecule has 0 unspecified atom stereocenters. The van der Waals surface area contributed by atoms with Crippen molar-refractivity contribution < 1.29 is 14.3 Å². The van der Waals surface area contributed by atoms with Crippen molar-refractivity contribution >= 4 is 40.3 Å². The number of benzene rings is 1. The number of rotatable bonds is 4. The third kappa shape index (κ3) is 3.65. The van der Waals surface area contributed by atoms with Crippen molar-refractivity contribution in [3.8, 4) is 5.75 Å². The standard InChI is InChI=1S/C17H15NO3S2/c1-11-2-7-14(21-11)10-15-16(20)18(17(22)23-15)9-8-12-3-5-13(19)6-4-12/h2-7,10,19H,8-9H2,1H3/b15-10+. The molecule has 2 aromatic rings. The first-order valence-corrected chi connectivity index (χ1v) is 8.35. The smallest absolute Gasteiger partial charge is 0.266 e. The summed E-state index contributed by atoms with van der Waals surface area (Å²) < 4.78 is 6.04. The first kappa shape index (κ1) is 15.8. The second kappa shape index (κ2) is 6.60. The average molecular weight is 345 g/mol. The summed E-state index contributed by atoms with van der Waals surface area (Å²) in [7, 11) is 0. The summed E-state index contributed by atoms with van der Waals surface area (Å²) in [6.07, 6.45) is 2.41. The molecule has 2 heterocycles.